The fourth-order valence-electron chi connectivity index (χ4n) is 1.03. The van der Waals surface area contributed by atoms with Gasteiger partial charge in [0, 0.05) is 18.0 Å². The van der Waals surface area contributed by atoms with Crippen LogP contribution in [-0.4, -0.2) is 24.9 Å². The summed E-state index contributed by atoms with van der Waals surface area (Å²) in [7, 11) is 1.66. The Kier molecular flexibility index (Phi) is 4.88. The Morgan fingerprint density at radius 2 is 2.43 bits per heavy atom. The molecule has 80 valence electrons. The Balaban J connectivity index is 2.43. The lowest BCUT2D eigenvalue weighted by atomic mass is 10.4. The number of aliphatic hydroxyl groups is 1. The van der Waals surface area contributed by atoms with Crippen molar-refractivity contribution in [3.05, 3.63) is 15.4 Å². The summed E-state index contributed by atoms with van der Waals surface area (Å²) in [5, 5.41) is 13.1. The first-order valence-corrected chi connectivity index (χ1v) is 5.95. The van der Waals surface area contributed by atoms with Crippen molar-refractivity contribution in [1.29, 1.82) is 0 Å². The second-order valence-electron chi connectivity index (χ2n) is 3.03. The lowest BCUT2D eigenvalue weighted by molar-refractivity contribution is 0.191. The first-order chi connectivity index (χ1) is 6.63. The number of hydrogen-bond acceptors (Lipinski definition) is 4. The van der Waals surface area contributed by atoms with E-state index in [1.54, 1.807) is 25.4 Å². The van der Waals surface area contributed by atoms with Crippen LogP contribution >= 0.6 is 27.3 Å². The molecule has 1 heterocycles. The van der Waals surface area contributed by atoms with Crippen molar-refractivity contribution in [2.24, 2.45) is 0 Å². The van der Waals surface area contributed by atoms with E-state index in [1.165, 1.54) is 4.88 Å². The summed E-state index contributed by atoms with van der Waals surface area (Å²) >= 11 is 5.00. The number of rotatable bonds is 5. The Hall–Kier alpha value is -0.100. The maximum Gasteiger partial charge on any atom is 0.188 e. The standard InChI is InChI=1S/C9H14BrNO2S/c1-6(12)4-11-5-7-3-8(10)9(13-2)14-7/h3,6,11-12H,4-5H2,1-2H3/t6-/m1/s1. The highest BCUT2D eigenvalue weighted by atomic mass is 79.9. The van der Waals surface area contributed by atoms with E-state index in [0.29, 0.717) is 6.54 Å². The highest BCUT2D eigenvalue weighted by molar-refractivity contribution is 9.10. The monoisotopic (exact) mass is 279 g/mol. The molecule has 5 heteroatoms. The second kappa shape index (κ2) is 5.70. The maximum atomic E-state index is 9.04. The largest absolute Gasteiger partial charge is 0.486 e. The Morgan fingerprint density at radius 1 is 1.71 bits per heavy atom. The minimum absolute atomic E-state index is 0.305. The van der Waals surface area contributed by atoms with E-state index in [-0.39, 0.29) is 6.10 Å². The molecule has 1 atom stereocenters. The van der Waals surface area contributed by atoms with E-state index in [4.69, 9.17) is 9.84 Å². The molecule has 0 unspecified atom stereocenters. The van der Waals surface area contributed by atoms with Gasteiger partial charge in [-0.2, -0.15) is 0 Å². The van der Waals surface area contributed by atoms with Crippen LogP contribution in [0.2, 0.25) is 0 Å². The van der Waals surface area contributed by atoms with Gasteiger partial charge in [-0.1, -0.05) is 0 Å². The normalized spacial score (nSPS) is 12.9. The van der Waals surface area contributed by atoms with Crippen molar-refractivity contribution >= 4 is 27.3 Å². The van der Waals surface area contributed by atoms with Crippen LogP contribution in [0.15, 0.2) is 10.5 Å². The van der Waals surface area contributed by atoms with Gasteiger partial charge in [0.2, 0.25) is 0 Å². The number of thiophene rings is 1. The van der Waals surface area contributed by atoms with Gasteiger partial charge >= 0.3 is 0 Å². The molecule has 0 saturated carbocycles. The molecular weight excluding hydrogens is 266 g/mol. The molecule has 3 nitrogen and oxygen atoms in total. The van der Waals surface area contributed by atoms with Gasteiger partial charge < -0.3 is 15.2 Å². The van der Waals surface area contributed by atoms with Gasteiger partial charge in [0.15, 0.2) is 5.06 Å². The zero-order chi connectivity index (χ0) is 10.6. The van der Waals surface area contributed by atoms with Crippen molar-refractivity contribution < 1.29 is 9.84 Å². The average molecular weight is 280 g/mol. The van der Waals surface area contributed by atoms with Gasteiger partial charge in [-0.15, -0.1) is 11.3 Å². The summed E-state index contributed by atoms with van der Waals surface area (Å²) in [6.45, 7) is 3.13. The summed E-state index contributed by atoms with van der Waals surface area (Å²) in [6.07, 6.45) is -0.305. The zero-order valence-corrected chi connectivity index (χ0v) is 10.6. The molecule has 1 rings (SSSR count). The summed E-state index contributed by atoms with van der Waals surface area (Å²) < 4.78 is 6.13. The average Bonchev–Trinajstić information content (AvgIpc) is 2.45. The van der Waals surface area contributed by atoms with E-state index in [0.717, 1.165) is 16.1 Å². The van der Waals surface area contributed by atoms with Crippen LogP contribution in [0.3, 0.4) is 0 Å². The minimum atomic E-state index is -0.305. The van der Waals surface area contributed by atoms with E-state index in [9.17, 15) is 0 Å². The lowest BCUT2D eigenvalue weighted by Crippen LogP contribution is -2.23. The highest BCUT2D eigenvalue weighted by Crippen LogP contribution is 2.34. The molecule has 0 aliphatic carbocycles. The quantitative estimate of drug-likeness (QED) is 0.866. The number of nitrogens with one attached hydrogen (secondary N) is 1. The Labute approximate surface area is 96.2 Å². The van der Waals surface area contributed by atoms with E-state index in [1.807, 2.05) is 6.07 Å². The first kappa shape index (κ1) is 12.0. The molecule has 14 heavy (non-hydrogen) atoms. The van der Waals surface area contributed by atoms with Crippen LogP contribution in [0.5, 0.6) is 5.06 Å². The third kappa shape index (κ3) is 3.57. The Bertz CT molecular complexity index is 288. The number of ether oxygens (including phenoxy) is 1. The fourth-order valence-corrected chi connectivity index (χ4v) is 2.69. The molecular formula is C9H14BrNO2S. The van der Waals surface area contributed by atoms with Gasteiger partial charge in [0.25, 0.3) is 0 Å². The molecule has 0 saturated heterocycles. The molecule has 0 aromatic carbocycles. The molecule has 1 aromatic heterocycles. The summed E-state index contributed by atoms with van der Waals surface area (Å²) in [5.74, 6) is 0. The maximum absolute atomic E-state index is 9.04. The number of methoxy groups -OCH3 is 1. The molecule has 0 aliphatic heterocycles. The third-order valence-corrected chi connectivity index (χ3v) is 3.58. The molecule has 0 amide bonds. The molecule has 0 radical (unpaired) electrons. The molecule has 2 N–H and O–H groups in total. The van der Waals surface area contributed by atoms with Gasteiger partial charge in [0.05, 0.1) is 17.7 Å². The van der Waals surface area contributed by atoms with Crippen LogP contribution in [-0.2, 0) is 6.54 Å². The third-order valence-electron chi connectivity index (χ3n) is 1.63. The first-order valence-electron chi connectivity index (χ1n) is 4.34. The molecule has 1 aromatic rings. The van der Waals surface area contributed by atoms with Gasteiger partial charge in [0.1, 0.15) is 0 Å². The van der Waals surface area contributed by atoms with Crippen LogP contribution in [0.4, 0.5) is 0 Å². The van der Waals surface area contributed by atoms with Crippen LogP contribution in [0, 0.1) is 0 Å². The van der Waals surface area contributed by atoms with Crippen molar-refractivity contribution in [2.75, 3.05) is 13.7 Å². The fraction of sp³-hybridized carbons (Fsp3) is 0.556. The summed E-state index contributed by atoms with van der Waals surface area (Å²) in [5.41, 5.74) is 0. The Morgan fingerprint density at radius 3 is 2.93 bits per heavy atom. The van der Waals surface area contributed by atoms with Crippen molar-refractivity contribution in [2.45, 2.75) is 19.6 Å². The van der Waals surface area contributed by atoms with Crippen LogP contribution in [0.25, 0.3) is 0 Å². The number of halogens is 1. The van der Waals surface area contributed by atoms with E-state index in [2.05, 4.69) is 21.2 Å². The van der Waals surface area contributed by atoms with Gasteiger partial charge in [-0.3, -0.25) is 0 Å². The van der Waals surface area contributed by atoms with Crippen molar-refractivity contribution in [3.63, 3.8) is 0 Å². The number of hydrogen-bond donors (Lipinski definition) is 2. The second-order valence-corrected chi connectivity index (χ2v) is 4.99. The highest BCUT2D eigenvalue weighted by Gasteiger charge is 2.06. The van der Waals surface area contributed by atoms with Crippen LogP contribution in [0.1, 0.15) is 11.8 Å². The smallest absolute Gasteiger partial charge is 0.188 e. The molecule has 0 bridgehead atoms. The number of aliphatic hydroxyl groups excluding tert-OH is 1. The SMILES string of the molecule is COc1sc(CNC[C@@H](C)O)cc1Br. The lowest BCUT2D eigenvalue weighted by Gasteiger charge is -2.04. The van der Waals surface area contributed by atoms with Gasteiger partial charge in [-0.25, -0.2) is 0 Å². The van der Waals surface area contributed by atoms with Crippen LogP contribution < -0.4 is 10.1 Å². The van der Waals surface area contributed by atoms with E-state index < -0.39 is 0 Å². The summed E-state index contributed by atoms with van der Waals surface area (Å²) in [4.78, 5) is 1.19. The summed E-state index contributed by atoms with van der Waals surface area (Å²) in [6, 6.07) is 2.03. The predicted molar refractivity (Wildman–Crippen MR) is 62.0 cm³/mol. The van der Waals surface area contributed by atoms with Crippen molar-refractivity contribution in [1.82, 2.24) is 5.32 Å². The molecule has 0 aliphatic rings. The van der Waals surface area contributed by atoms with Crippen molar-refractivity contribution in [3.8, 4) is 5.06 Å². The molecule has 0 fully saturated rings. The van der Waals surface area contributed by atoms with E-state index >= 15 is 0 Å². The zero-order valence-electron chi connectivity index (χ0n) is 8.21. The molecule has 0 spiro atoms. The predicted octanol–water partition coefficient (Wildman–Crippen LogP) is 1.99. The minimum Gasteiger partial charge on any atom is -0.486 e. The van der Waals surface area contributed by atoms with Gasteiger partial charge in [-0.05, 0) is 28.9 Å². The topological polar surface area (TPSA) is 41.5 Å².